The van der Waals surface area contributed by atoms with Crippen LogP contribution in [0.2, 0.25) is 0 Å². The molecule has 0 aromatic heterocycles. The maximum Gasteiger partial charge on any atom is 0.338 e. The van der Waals surface area contributed by atoms with Crippen LogP contribution in [-0.4, -0.2) is 46.3 Å². The maximum atomic E-state index is 11.9. The Morgan fingerprint density at radius 1 is 1.00 bits per heavy atom. The lowest BCUT2D eigenvalue weighted by Crippen LogP contribution is -2.32. The van der Waals surface area contributed by atoms with Crippen molar-refractivity contribution in [3.8, 4) is 5.75 Å². The Morgan fingerprint density at radius 2 is 1.67 bits per heavy atom. The van der Waals surface area contributed by atoms with E-state index in [-0.39, 0.29) is 17.9 Å². The number of esters is 1. The third-order valence-corrected chi connectivity index (χ3v) is 4.25. The van der Waals surface area contributed by atoms with Crippen molar-refractivity contribution >= 4 is 21.7 Å². The largest absolute Gasteiger partial charge is 0.492 e. The van der Waals surface area contributed by atoms with Gasteiger partial charge in [-0.3, -0.25) is 4.79 Å². The van der Waals surface area contributed by atoms with Crippen LogP contribution in [0.25, 0.3) is 0 Å². The van der Waals surface area contributed by atoms with E-state index < -0.39 is 28.3 Å². The minimum atomic E-state index is -3.14. The summed E-state index contributed by atoms with van der Waals surface area (Å²) >= 11 is 0. The van der Waals surface area contributed by atoms with Gasteiger partial charge < -0.3 is 14.8 Å². The molecular formula is C19H21NO6S. The number of rotatable bonds is 9. The van der Waals surface area contributed by atoms with E-state index in [9.17, 15) is 18.0 Å². The van der Waals surface area contributed by atoms with Gasteiger partial charge in [-0.2, -0.15) is 0 Å². The van der Waals surface area contributed by atoms with Gasteiger partial charge in [0.15, 0.2) is 16.4 Å². The van der Waals surface area contributed by atoms with Gasteiger partial charge in [-0.05, 0) is 29.8 Å². The highest BCUT2D eigenvalue weighted by molar-refractivity contribution is 7.89. The number of hydrogen-bond donors (Lipinski definition) is 1. The molecule has 0 spiro atoms. The standard InChI is InChI=1S/C19H21NO6S/c1-27(23,24)14-15-7-9-16(10-8-15)19(22)26-13-18(21)20-11-12-25-17-5-3-2-4-6-17/h2-10H,11-14H2,1H3,(H,20,21). The van der Waals surface area contributed by atoms with E-state index in [0.29, 0.717) is 17.9 Å². The minimum Gasteiger partial charge on any atom is -0.492 e. The predicted octanol–water partition coefficient (Wildman–Crippen LogP) is 1.58. The molecule has 1 N–H and O–H groups in total. The first-order valence-electron chi connectivity index (χ1n) is 8.22. The SMILES string of the molecule is CS(=O)(=O)Cc1ccc(C(=O)OCC(=O)NCCOc2ccccc2)cc1. The Labute approximate surface area is 158 Å². The van der Waals surface area contributed by atoms with Crippen molar-refractivity contribution in [3.63, 3.8) is 0 Å². The Bertz CT molecular complexity index is 863. The summed E-state index contributed by atoms with van der Waals surface area (Å²) in [5.41, 5.74) is 0.817. The Morgan fingerprint density at radius 3 is 2.30 bits per heavy atom. The minimum absolute atomic E-state index is 0.101. The molecule has 0 unspecified atom stereocenters. The molecule has 0 aliphatic carbocycles. The van der Waals surface area contributed by atoms with Gasteiger partial charge in [0.05, 0.1) is 17.9 Å². The van der Waals surface area contributed by atoms with Crippen molar-refractivity contribution < 1.29 is 27.5 Å². The number of para-hydroxylation sites is 1. The summed E-state index contributed by atoms with van der Waals surface area (Å²) in [6.07, 6.45) is 1.14. The van der Waals surface area contributed by atoms with E-state index in [0.717, 1.165) is 6.26 Å². The van der Waals surface area contributed by atoms with Crippen LogP contribution >= 0.6 is 0 Å². The van der Waals surface area contributed by atoms with Crippen LogP contribution < -0.4 is 10.1 Å². The third-order valence-electron chi connectivity index (χ3n) is 3.39. The molecule has 0 bridgehead atoms. The molecule has 0 aliphatic rings. The molecule has 2 aromatic carbocycles. The number of hydrogen-bond acceptors (Lipinski definition) is 6. The summed E-state index contributed by atoms with van der Waals surface area (Å²) in [4.78, 5) is 23.6. The molecule has 1 amide bonds. The lowest BCUT2D eigenvalue weighted by molar-refractivity contribution is -0.124. The van der Waals surface area contributed by atoms with Gasteiger partial charge in [0, 0.05) is 6.26 Å². The molecule has 0 atom stereocenters. The van der Waals surface area contributed by atoms with Gasteiger partial charge in [-0.1, -0.05) is 30.3 Å². The zero-order valence-electron chi connectivity index (χ0n) is 14.9. The van der Waals surface area contributed by atoms with E-state index in [1.807, 2.05) is 30.3 Å². The van der Waals surface area contributed by atoms with E-state index in [4.69, 9.17) is 9.47 Å². The number of sulfone groups is 1. The summed E-state index contributed by atoms with van der Waals surface area (Å²) in [5.74, 6) is -0.488. The summed E-state index contributed by atoms with van der Waals surface area (Å²) in [5, 5.41) is 2.59. The summed E-state index contributed by atoms with van der Waals surface area (Å²) < 4.78 is 32.8. The maximum absolute atomic E-state index is 11.9. The van der Waals surface area contributed by atoms with Crippen LogP contribution in [0.3, 0.4) is 0 Å². The fourth-order valence-electron chi connectivity index (χ4n) is 2.18. The van der Waals surface area contributed by atoms with Gasteiger partial charge in [-0.25, -0.2) is 13.2 Å². The van der Waals surface area contributed by atoms with Gasteiger partial charge in [0.25, 0.3) is 5.91 Å². The molecule has 144 valence electrons. The second-order valence-electron chi connectivity index (χ2n) is 5.85. The number of carbonyl (C=O) groups excluding carboxylic acids is 2. The highest BCUT2D eigenvalue weighted by atomic mass is 32.2. The molecule has 0 saturated heterocycles. The molecule has 0 radical (unpaired) electrons. The zero-order valence-corrected chi connectivity index (χ0v) is 15.7. The van der Waals surface area contributed by atoms with Crippen molar-refractivity contribution in [2.45, 2.75) is 5.75 Å². The van der Waals surface area contributed by atoms with Gasteiger partial charge >= 0.3 is 5.97 Å². The smallest absolute Gasteiger partial charge is 0.338 e. The molecule has 7 nitrogen and oxygen atoms in total. The lowest BCUT2D eigenvalue weighted by atomic mass is 10.1. The van der Waals surface area contributed by atoms with E-state index in [2.05, 4.69) is 5.32 Å². The quantitative estimate of drug-likeness (QED) is 0.515. The van der Waals surface area contributed by atoms with Crippen molar-refractivity contribution in [2.24, 2.45) is 0 Å². The molecule has 2 aromatic rings. The summed E-state index contributed by atoms with van der Waals surface area (Å²) in [6.45, 7) is 0.173. The van der Waals surface area contributed by atoms with Gasteiger partial charge in [0.1, 0.15) is 12.4 Å². The highest BCUT2D eigenvalue weighted by Crippen LogP contribution is 2.09. The zero-order chi connectivity index (χ0) is 19.7. The van der Waals surface area contributed by atoms with Crippen LogP contribution in [0, 0.1) is 0 Å². The summed E-state index contributed by atoms with van der Waals surface area (Å²) in [7, 11) is -3.14. The van der Waals surface area contributed by atoms with Crippen LogP contribution in [-0.2, 0) is 25.1 Å². The fourth-order valence-corrected chi connectivity index (χ4v) is 2.98. The number of benzene rings is 2. The third kappa shape index (κ3) is 7.91. The molecule has 0 fully saturated rings. The first kappa shape index (κ1) is 20.4. The van der Waals surface area contributed by atoms with Crippen LogP contribution in [0.5, 0.6) is 5.75 Å². The fraction of sp³-hybridized carbons (Fsp3) is 0.263. The molecule has 0 aliphatic heterocycles. The molecule has 2 rings (SSSR count). The number of ether oxygens (including phenoxy) is 2. The van der Waals surface area contributed by atoms with Crippen molar-refractivity contribution in [3.05, 3.63) is 65.7 Å². The van der Waals surface area contributed by atoms with Gasteiger partial charge in [0.2, 0.25) is 0 Å². The normalized spacial score (nSPS) is 10.9. The Hall–Kier alpha value is -2.87. The number of nitrogens with one attached hydrogen (secondary N) is 1. The average molecular weight is 391 g/mol. The molecule has 0 heterocycles. The topological polar surface area (TPSA) is 98.8 Å². The van der Waals surface area contributed by atoms with Crippen molar-refractivity contribution in [1.82, 2.24) is 5.32 Å². The molecule has 8 heteroatoms. The van der Waals surface area contributed by atoms with E-state index in [1.165, 1.54) is 12.1 Å². The van der Waals surface area contributed by atoms with E-state index >= 15 is 0 Å². The predicted molar refractivity (Wildman–Crippen MR) is 100 cm³/mol. The van der Waals surface area contributed by atoms with Crippen LogP contribution in [0.1, 0.15) is 15.9 Å². The second-order valence-corrected chi connectivity index (χ2v) is 7.99. The van der Waals surface area contributed by atoms with Crippen molar-refractivity contribution in [2.75, 3.05) is 26.0 Å². The molecule has 27 heavy (non-hydrogen) atoms. The summed E-state index contributed by atoms with van der Waals surface area (Å²) in [6, 6.07) is 15.2. The highest BCUT2D eigenvalue weighted by Gasteiger charge is 2.11. The Balaban J connectivity index is 1.69. The number of amides is 1. The molecular weight excluding hydrogens is 370 g/mol. The first-order chi connectivity index (χ1) is 12.8. The Kier molecular flexibility index (Phi) is 7.36. The van der Waals surface area contributed by atoms with Crippen molar-refractivity contribution in [1.29, 1.82) is 0 Å². The van der Waals surface area contributed by atoms with Gasteiger partial charge in [-0.15, -0.1) is 0 Å². The molecule has 0 saturated carbocycles. The number of carbonyl (C=O) groups is 2. The first-order valence-corrected chi connectivity index (χ1v) is 10.3. The average Bonchev–Trinajstić information content (AvgIpc) is 2.63. The monoisotopic (exact) mass is 391 g/mol. The van der Waals surface area contributed by atoms with E-state index in [1.54, 1.807) is 12.1 Å². The van der Waals surface area contributed by atoms with Crippen LogP contribution in [0.15, 0.2) is 54.6 Å². The van der Waals surface area contributed by atoms with Crippen LogP contribution in [0.4, 0.5) is 0 Å². The lowest BCUT2D eigenvalue weighted by Gasteiger charge is -2.08. The second kappa shape index (κ2) is 9.72.